The summed E-state index contributed by atoms with van der Waals surface area (Å²) in [6.07, 6.45) is 4.52. The smallest absolute Gasteiger partial charge is 0.278 e. The number of para-hydroxylation sites is 1. The predicted octanol–water partition coefficient (Wildman–Crippen LogP) is 4.08. The summed E-state index contributed by atoms with van der Waals surface area (Å²) < 4.78 is 10.9. The van der Waals surface area contributed by atoms with Crippen LogP contribution in [0.2, 0.25) is 0 Å². The van der Waals surface area contributed by atoms with E-state index in [2.05, 4.69) is 22.1 Å². The molecule has 0 spiro atoms. The minimum absolute atomic E-state index is 0.115. The van der Waals surface area contributed by atoms with Crippen LogP contribution in [0.1, 0.15) is 47.0 Å². The number of hydrogen-bond acceptors (Lipinski definition) is 6. The summed E-state index contributed by atoms with van der Waals surface area (Å²) in [5.74, 6) is -0.137. The predicted molar refractivity (Wildman–Crippen MR) is 122 cm³/mol. The minimum atomic E-state index is -0.537. The second-order valence-electron chi connectivity index (χ2n) is 7.82. The first-order chi connectivity index (χ1) is 15.5. The third-order valence-corrected chi connectivity index (χ3v) is 5.77. The number of amides is 2. The van der Waals surface area contributed by atoms with Crippen molar-refractivity contribution in [3.05, 3.63) is 60.1 Å². The number of anilines is 2. The average molecular weight is 434 g/mol. The van der Waals surface area contributed by atoms with E-state index < -0.39 is 11.8 Å². The molecule has 0 unspecified atom stereocenters. The molecule has 0 aliphatic carbocycles. The third-order valence-electron chi connectivity index (χ3n) is 5.77. The van der Waals surface area contributed by atoms with E-state index in [1.54, 1.807) is 31.4 Å². The van der Waals surface area contributed by atoms with E-state index in [-0.39, 0.29) is 5.69 Å². The fraction of sp³-hybridized carbons (Fsp3) is 0.292. The zero-order valence-electron chi connectivity index (χ0n) is 18.1. The highest BCUT2D eigenvalue weighted by Crippen LogP contribution is 2.33. The molecular weight excluding hydrogens is 408 g/mol. The van der Waals surface area contributed by atoms with Gasteiger partial charge in [-0.25, -0.2) is 4.98 Å². The number of benzene rings is 2. The van der Waals surface area contributed by atoms with Crippen molar-refractivity contribution in [2.45, 2.75) is 32.2 Å². The number of primary amides is 1. The van der Waals surface area contributed by atoms with Crippen molar-refractivity contribution in [3.8, 4) is 17.1 Å². The van der Waals surface area contributed by atoms with E-state index in [0.717, 1.165) is 25.1 Å². The molecule has 1 saturated heterocycles. The Hall–Kier alpha value is -3.81. The van der Waals surface area contributed by atoms with Crippen LogP contribution in [0.5, 0.6) is 5.75 Å². The van der Waals surface area contributed by atoms with Gasteiger partial charge in [-0.1, -0.05) is 12.1 Å². The maximum atomic E-state index is 13.0. The minimum Gasteiger partial charge on any atom is -0.496 e. The van der Waals surface area contributed by atoms with E-state index in [9.17, 15) is 9.59 Å². The van der Waals surface area contributed by atoms with Crippen LogP contribution < -0.4 is 20.7 Å². The summed E-state index contributed by atoms with van der Waals surface area (Å²) in [5, 5.41) is 2.80. The Kier molecular flexibility index (Phi) is 6.11. The van der Waals surface area contributed by atoms with Gasteiger partial charge in [-0.15, -0.1) is 0 Å². The summed E-state index contributed by atoms with van der Waals surface area (Å²) in [6, 6.07) is 12.7. The number of nitrogens with zero attached hydrogens (tertiary/aromatic N) is 2. The highest BCUT2D eigenvalue weighted by molar-refractivity contribution is 6.08. The van der Waals surface area contributed by atoms with Crippen molar-refractivity contribution in [1.82, 2.24) is 4.98 Å². The van der Waals surface area contributed by atoms with Gasteiger partial charge in [0.1, 0.15) is 5.75 Å². The van der Waals surface area contributed by atoms with Crippen LogP contribution in [-0.4, -0.2) is 36.5 Å². The summed E-state index contributed by atoms with van der Waals surface area (Å²) >= 11 is 0. The molecule has 8 heteroatoms. The number of nitrogens with one attached hydrogen (secondary N) is 1. The molecule has 0 saturated carbocycles. The lowest BCUT2D eigenvalue weighted by Gasteiger charge is -2.36. The van der Waals surface area contributed by atoms with Crippen molar-refractivity contribution in [2.24, 2.45) is 5.73 Å². The summed E-state index contributed by atoms with van der Waals surface area (Å²) in [5.41, 5.74) is 8.02. The van der Waals surface area contributed by atoms with Gasteiger partial charge >= 0.3 is 0 Å². The van der Waals surface area contributed by atoms with Crippen LogP contribution >= 0.6 is 0 Å². The maximum absolute atomic E-state index is 13.0. The van der Waals surface area contributed by atoms with Gasteiger partial charge in [-0.05, 0) is 56.5 Å². The monoisotopic (exact) mass is 434 g/mol. The summed E-state index contributed by atoms with van der Waals surface area (Å²) in [6.45, 7) is 3.01. The number of rotatable bonds is 6. The van der Waals surface area contributed by atoms with Gasteiger partial charge in [0.2, 0.25) is 0 Å². The van der Waals surface area contributed by atoms with Gasteiger partial charge in [0.05, 0.1) is 18.2 Å². The van der Waals surface area contributed by atoms with E-state index in [4.69, 9.17) is 14.9 Å². The van der Waals surface area contributed by atoms with Crippen molar-refractivity contribution < 1.29 is 18.7 Å². The maximum Gasteiger partial charge on any atom is 0.278 e. The summed E-state index contributed by atoms with van der Waals surface area (Å²) in [4.78, 5) is 31.5. The molecule has 8 nitrogen and oxygen atoms in total. The van der Waals surface area contributed by atoms with Gasteiger partial charge in [-0.3, -0.25) is 9.59 Å². The molecule has 1 aliphatic rings. The zero-order valence-corrected chi connectivity index (χ0v) is 18.1. The second kappa shape index (κ2) is 9.13. The van der Waals surface area contributed by atoms with Crippen molar-refractivity contribution in [3.63, 3.8) is 0 Å². The second-order valence-corrected chi connectivity index (χ2v) is 7.82. The van der Waals surface area contributed by atoms with Crippen molar-refractivity contribution in [1.29, 1.82) is 0 Å². The molecule has 0 bridgehead atoms. The highest BCUT2D eigenvalue weighted by Gasteiger charge is 2.24. The largest absolute Gasteiger partial charge is 0.496 e. The van der Waals surface area contributed by atoms with Crippen molar-refractivity contribution in [2.75, 3.05) is 23.9 Å². The lowest BCUT2D eigenvalue weighted by Crippen LogP contribution is -2.38. The van der Waals surface area contributed by atoms with E-state index in [1.807, 2.05) is 18.2 Å². The van der Waals surface area contributed by atoms with Crippen LogP contribution in [0.3, 0.4) is 0 Å². The molecule has 2 heterocycles. The molecule has 1 aromatic heterocycles. The quantitative estimate of drug-likeness (QED) is 0.605. The number of piperidine rings is 1. The number of hydrogen-bond donors (Lipinski definition) is 2. The number of oxazole rings is 1. The van der Waals surface area contributed by atoms with Crippen LogP contribution in [0.25, 0.3) is 11.3 Å². The standard InChI is InChI=1S/C24H26N4O4/c1-15-7-5-6-12-28(15)19-11-10-16(13-18(19)23(25)29)27-24(30)21-22(32-14-26-21)17-8-3-4-9-20(17)31-2/h3-4,8-11,13-15H,5-7,12H2,1-2H3,(H2,25,29)(H,27,30)/t15-/m1/s1. The van der Waals surface area contributed by atoms with Gasteiger partial charge in [0.15, 0.2) is 17.8 Å². The molecule has 1 fully saturated rings. The fourth-order valence-corrected chi connectivity index (χ4v) is 4.14. The number of carbonyl (C=O) groups excluding carboxylic acids is 2. The van der Waals surface area contributed by atoms with Gasteiger partial charge in [0, 0.05) is 24.0 Å². The first-order valence-electron chi connectivity index (χ1n) is 10.6. The number of aromatic nitrogens is 1. The molecule has 166 valence electrons. The van der Waals surface area contributed by atoms with E-state index >= 15 is 0 Å². The van der Waals surface area contributed by atoms with E-state index in [1.165, 1.54) is 12.8 Å². The molecule has 1 aliphatic heterocycles. The van der Waals surface area contributed by atoms with Crippen LogP contribution in [0, 0.1) is 0 Å². The molecule has 3 N–H and O–H groups in total. The van der Waals surface area contributed by atoms with E-state index in [0.29, 0.717) is 34.4 Å². The number of nitrogens with two attached hydrogens (primary N) is 1. The Labute approximate surface area is 186 Å². The molecule has 3 aromatic rings. The molecule has 0 radical (unpaired) electrons. The number of ether oxygens (including phenoxy) is 1. The lowest BCUT2D eigenvalue weighted by molar-refractivity contribution is 0.0995. The molecular formula is C24H26N4O4. The van der Waals surface area contributed by atoms with Crippen LogP contribution in [0.4, 0.5) is 11.4 Å². The Morgan fingerprint density at radius 1 is 1.22 bits per heavy atom. The Morgan fingerprint density at radius 2 is 2.03 bits per heavy atom. The molecule has 4 rings (SSSR count). The number of carbonyl (C=O) groups is 2. The normalized spacial score (nSPS) is 15.9. The van der Waals surface area contributed by atoms with Crippen LogP contribution in [-0.2, 0) is 0 Å². The Bertz CT molecular complexity index is 1140. The fourth-order valence-electron chi connectivity index (χ4n) is 4.14. The third kappa shape index (κ3) is 4.16. The Balaban J connectivity index is 1.62. The average Bonchev–Trinajstić information content (AvgIpc) is 3.29. The topological polar surface area (TPSA) is 111 Å². The summed E-state index contributed by atoms with van der Waals surface area (Å²) in [7, 11) is 1.55. The van der Waals surface area contributed by atoms with Gasteiger partial charge in [-0.2, -0.15) is 0 Å². The van der Waals surface area contributed by atoms with Crippen molar-refractivity contribution >= 4 is 23.2 Å². The lowest BCUT2D eigenvalue weighted by atomic mass is 10.0. The number of methoxy groups -OCH3 is 1. The SMILES string of the molecule is COc1ccccc1-c1ocnc1C(=O)Nc1ccc(N2CCCC[C@H]2C)c(C(N)=O)c1. The van der Waals surface area contributed by atoms with Crippen LogP contribution in [0.15, 0.2) is 53.3 Å². The molecule has 32 heavy (non-hydrogen) atoms. The first kappa shape index (κ1) is 21.4. The molecule has 1 atom stereocenters. The highest BCUT2D eigenvalue weighted by atomic mass is 16.5. The van der Waals surface area contributed by atoms with Gasteiger partial charge < -0.3 is 25.1 Å². The molecule has 2 amide bonds. The zero-order chi connectivity index (χ0) is 22.7. The molecule has 2 aromatic carbocycles. The first-order valence-corrected chi connectivity index (χ1v) is 10.6. The van der Waals surface area contributed by atoms with Gasteiger partial charge in [0.25, 0.3) is 11.8 Å². The Morgan fingerprint density at radius 3 is 2.78 bits per heavy atom.